The van der Waals surface area contributed by atoms with Crippen molar-refractivity contribution in [3.63, 3.8) is 0 Å². The van der Waals surface area contributed by atoms with Crippen molar-refractivity contribution >= 4 is 5.91 Å². The number of amides is 1. The maximum Gasteiger partial charge on any atom is 0.257 e. The van der Waals surface area contributed by atoms with Crippen LogP contribution in [0.2, 0.25) is 0 Å². The molecule has 0 saturated heterocycles. The Labute approximate surface area is 114 Å². The number of hydrogen-bond acceptors (Lipinski definition) is 3. The van der Waals surface area contributed by atoms with Crippen molar-refractivity contribution in [2.45, 2.75) is 33.3 Å². The third-order valence-corrected chi connectivity index (χ3v) is 2.73. The van der Waals surface area contributed by atoms with Gasteiger partial charge in [0.15, 0.2) is 6.61 Å². The van der Waals surface area contributed by atoms with Gasteiger partial charge in [-0.3, -0.25) is 4.79 Å². The average Bonchev–Trinajstić information content (AvgIpc) is 2.42. The molecule has 1 amide bonds. The largest absolute Gasteiger partial charge is 0.483 e. The van der Waals surface area contributed by atoms with Crippen LogP contribution in [0.15, 0.2) is 24.3 Å². The van der Waals surface area contributed by atoms with E-state index in [2.05, 4.69) is 5.32 Å². The van der Waals surface area contributed by atoms with Gasteiger partial charge in [0.1, 0.15) is 5.75 Å². The fourth-order valence-corrected chi connectivity index (χ4v) is 1.62. The molecular formula is C15H23NO3. The van der Waals surface area contributed by atoms with Gasteiger partial charge in [-0.15, -0.1) is 0 Å². The van der Waals surface area contributed by atoms with Crippen molar-refractivity contribution in [3.8, 4) is 5.75 Å². The molecule has 1 aromatic carbocycles. The maximum absolute atomic E-state index is 11.6. The van der Waals surface area contributed by atoms with Gasteiger partial charge in [0.05, 0.1) is 6.10 Å². The van der Waals surface area contributed by atoms with Gasteiger partial charge in [-0.25, -0.2) is 0 Å². The number of benzene rings is 1. The van der Waals surface area contributed by atoms with Gasteiger partial charge < -0.3 is 15.2 Å². The van der Waals surface area contributed by atoms with Crippen LogP contribution in [0.4, 0.5) is 0 Å². The molecule has 1 rings (SSSR count). The molecule has 0 aromatic heterocycles. The summed E-state index contributed by atoms with van der Waals surface area (Å²) >= 11 is 0. The fraction of sp³-hybridized carbons (Fsp3) is 0.533. The Balaban J connectivity index is 2.55. The van der Waals surface area contributed by atoms with E-state index in [-0.39, 0.29) is 12.5 Å². The van der Waals surface area contributed by atoms with Crippen molar-refractivity contribution in [3.05, 3.63) is 29.8 Å². The highest BCUT2D eigenvalue weighted by Crippen LogP contribution is 2.26. The Hall–Kier alpha value is -1.55. The molecule has 0 aliphatic carbocycles. The second-order valence-corrected chi connectivity index (χ2v) is 4.95. The number of carbonyl (C=O) groups is 1. The third-order valence-electron chi connectivity index (χ3n) is 2.73. The van der Waals surface area contributed by atoms with Gasteiger partial charge in [-0.1, -0.05) is 39.0 Å². The number of aliphatic hydroxyl groups excluding tert-OH is 1. The summed E-state index contributed by atoms with van der Waals surface area (Å²) < 4.78 is 5.48. The molecule has 0 heterocycles. The number of aliphatic hydroxyl groups is 1. The lowest BCUT2D eigenvalue weighted by molar-refractivity contribution is -0.123. The van der Waals surface area contributed by atoms with Gasteiger partial charge in [-0.2, -0.15) is 0 Å². The predicted octanol–water partition coefficient (Wildman–Crippen LogP) is 2.28. The minimum atomic E-state index is -0.560. The molecule has 0 fully saturated rings. The fourth-order valence-electron chi connectivity index (χ4n) is 1.62. The minimum absolute atomic E-state index is 0.0276. The summed E-state index contributed by atoms with van der Waals surface area (Å²) in [6, 6.07) is 7.26. The monoisotopic (exact) mass is 265 g/mol. The highest BCUT2D eigenvalue weighted by Gasteiger charge is 2.12. The zero-order valence-corrected chi connectivity index (χ0v) is 11.8. The first kappa shape index (κ1) is 15.5. The van der Waals surface area contributed by atoms with Crippen molar-refractivity contribution in [2.24, 2.45) is 5.92 Å². The summed E-state index contributed by atoms with van der Waals surface area (Å²) in [5.41, 5.74) is 0.724. The maximum atomic E-state index is 11.6. The molecular weight excluding hydrogens is 242 g/mol. The number of ether oxygens (including phenoxy) is 1. The summed E-state index contributed by atoms with van der Waals surface area (Å²) in [7, 11) is 0. The Morgan fingerprint density at radius 3 is 2.68 bits per heavy atom. The first-order chi connectivity index (χ1) is 9.04. The second-order valence-electron chi connectivity index (χ2n) is 4.95. The van der Waals surface area contributed by atoms with Gasteiger partial charge in [0.25, 0.3) is 5.91 Å². The molecule has 4 heteroatoms. The molecule has 4 nitrogen and oxygen atoms in total. The molecule has 0 aliphatic rings. The number of rotatable bonds is 7. The van der Waals surface area contributed by atoms with Gasteiger partial charge in [0.2, 0.25) is 0 Å². The first-order valence-corrected chi connectivity index (χ1v) is 6.71. The van der Waals surface area contributed by atoms with E-state index in [0.717, 1.165) is 5.56 Å². The van der Waals surface area contributed by atoms with Crippen LogP contribution in [0.25, 0.3) is 0 Å². The molecule has 2 N–H and O–H groups in total. The highest BCUT2D eigenvalue weighted by atomic mass is 16.5. The lowest BCUT2D eigenvalue weighted by Crippen LogP contribution is -2.31. The molecule has 106 valence electrons. The van der Waals surface area contributed by atoms with E-state index in [1.807, 2.05) is 39.0 Å². The third kappa shape index (κ3) is 5.30. The molecule has 0 aliphatic heterocycles. The second kappa shape index (κ2) is 7.79. The molecule has 1 aromatic rings. The average molecular weight is 265 g/mol. The van der Waals surface area contributed by atoms with Crippen LogP contribution in [-0.2, 0) is 4.79 Å². The lowest BCUT2D eigenvalue weighted by Gasteiger charge is -2.15. The number of nitrogens with one attached hydrogen (secondary N) is 1. The van der Waals surface area contributed by atoms with Crippen LogP contribution in [-0.4, -0.2) is 24.2 Å². The van der Waals surface area contributed by atoms with Gasteiger partial charge >= 0.3 is 0 Å². The van der Waals surface area contributed by atoms with Crippen LogP contribution in [0.5, 0.6) is 5.75 Å². The van der Waals surface area contributed by atoms with E-state index in [1.54, 1.807) is 6.07 Å². The van der Waals surface area contributed by atoms with Crippen molar-refractivity contribution < 1.29 is 14.6 Å². The van der Waals surface area contributed by atoms with E-state index >= 15 is 0 Å². The Morgan fingerprint density at radius 1 is 1.37 bits per heavy atom. The first-order valence-electron chi connectivity index (χ1n) is 6.71. The number of carbonyl (C=O) groups excluding carboxylic acids is 1. The van der Waals surface area contributed by atoms with Crippen LogP contribution >= 0.6 is 0 Å². The summed E-state index contributed by atoms with van der Waals surface area (Å²) in [6.45, 7) is 6.58. The quantitative estimate of drug-likeness (QED) is 0.795. The van der Waals surface area contributed by atoms with Crippen LogP contribution in [0.3, 0.4) is 0 Å². The highest BCUT2D eigenvalue weighted by molar-refractivity contribution is 5.77. The topological polar surface area (TPSA) is 58.6 Å². The number of hydrogen-bond donors (Lipinski definition) is 2. The van der Waals surface area contributed by atoms with Crippen molar-refractivity contribution in [2.75, 3.05) is 13.2 Å². The Morgan fingerprint density at radius 2 is 2.05 bits per heavy atom. The van der Waals surface area contributed by atoms with Gasteiger partial charge in [0, 0.05) is 12.1 Å². The Kier molecular flexibility index (Phi) is 6.36. The van der Waals surface area contributed by atoms with Gasteiger partial charge in [-0.05, 0) is 18.4 Å². The number of para-hydroxylation sites is 1. The van der Waals surface area contributed by atoms with E-state index in [9.17, 15) is 9.90 Å². The standard InChI is InChI=1S/C15H23NO3/c1-4-13(17)12-7-5-6-8-14(12)19-10-15(18)16-9-11(2)3/h5-8,11,13,17H,4,9-10H2,1-3H3,(H,16,18)/t13-/m0/s1. The summed E-state index contributed by atoms with van der Waals surface area (Å²) in [5.74, 6) is 0.837. The predicted molar refractivity (Wildman–Crippen MR) is 75.0 cm³/mol. The van der Waals surface area contributed by atoms with E-state index in [0.29, 0.717) is 24.6 Å². The summed E-state index contributed by atoms with van der Waals surface area (Å²) in [6.07, 6.45) is 0.0508. The van der Waals surface area contributed by atoms with E-state index in [4.69, 9.17) is 4.74 Å². The van der Waals surface area contributed by atoms with E-state index < -0.39 is 6.10 Å². The zero-order chi connectivity index (χ0) is 14.3. The SMILES string of the molecule is CC[C@H](O)c1ccccc1OCC(=O)NCC(C)C. The summed E-state index contributed by atoms with van der Waals surface area (Å²) in [5, 5.41) is 12.7. The smallest absolute Gasteiger partial charge is 0.257 e. The van der Waals surface area contributed by atoms with Crippen molar-refractivity contribution in [1.29, 1.82) is 0 Å². The van der Waals surface area contributed by atoms with Crippen LogP contribution < -0.4 is 10.1 Å². The Bertz CT molecular complexity index is 404. The molecule has 0 unspecified atom stereocenters. The summed E-state index contributed by atoms with van der Waals surface area (Å²) in [4.78, 5) is 11.6. The molecule has 1 atom stereocenters. The van der Waals surface area contributed by atoms with Crippen LogP contribution in [0, 0.1) is 5.92 Å². The normalized spacial score (nSPS) is 12.3. The minimum Gasteiger partial charge on any atom is -0.483 e. The van der Waals surface area contributed by atoms with E-state index in [1.165, 1.54) is 0 Å². The molecule has 0 saturated carbocycles. The molecule has 19 heavy (non-hydrogen) atoms. The zero-order valence-electron chi connectivity index (χ0n) is 11.8. The molecule has 0 spiro atoms. The van der Waals surface area contributed by atoms with Crippen LogP contribution in [0.1, 0.15) is 38.9 Å². The lowest BCUT2D eigenvalue weighted by atomic mass is 10.1. The molecule has 0 bridgehead atoms. The molecule has 0 radical (unpaired) electrons. The van der Waals surface area contributed by atoms with Crippen molar-refractivity contribution in [1.82, 2.24) is 5.32 Å².